The molecule has 0 heterocycles. The number of benzene rings is 1. The number of amides is 1. The zero-order chi connectivity index (χ0) is 13.9. The Kier molecular flexibility index (Phi) is 4.25. The molecule has 0 aromatic heterocycles. The Morgan fingerprint density at radius 2 is 1.95 bits per heavy atom. The molecule has 0 radical (unpaired) electrons. The van der Waals surface area contributed by atoms with Gasteiger partial charge in [-0.05, 0) is 30.9 Å². The number of carbonyl (C=O) groups excluding carboxylic acids is 1. The number of aryl methyl sites for hydroxylation is 1. The second kappa shape index (κ2) is 5.74. The maximum atomic E-state index is 12.2. The van der Waals surface area contributed by atoms with E-state index in [0.29, 0.717) is 13.0 Å². The molecule has 104 valence electrons. The lowest BCUT2D eigenvalue weighted by atomic mass is 10.0. The van der Waals surface area contributed by atoms with E-state index in [1.807, 2.05) is 31.2 Å². The van der Waals surface area contributed by atoms with Crippen LogP contribution in [0.4, 0.5) is 0 Å². The third kappa shape index (κ3) is 3.57. The van der Waals surface area contributed by atoms with Gasteiger partial charge < -0.3 is 10.0 Å². The van der Waals surface area contributed by atoms with Crippen LogP contribution in [0.5, 0.6) is 0 Å². The van der Waals surface area contributed by atoms with Gasteiger partial charge in [-0.1, -0.05) is 37.1 Å². The van der Waals surface area contributed by atoms with Crippen molar-refractivity contribution in [3.63, 3.8) is 0 Å². The van der Waals surface area contributed by atoms with Crippen LogP contribution in [0.15, 0.2) is 24.3 Å². The summed E-state index contributed by atoms with van der Waals surface area (Å²) in [4.78, 5) is 13.9. The minimum absolute atomic E-state index is 0.0784. The smallest absolute Gasteiger partial charge is 0.226 e. The first-order valence-electron chi connectivity index (χ1n) is 7.01. The van der Waals surface area contributed by atoms with Gasteiger partial charge in [-0.3, -0.25) is 4.79 Å². The van der Waals surface area contributed by atoms with Crippen LogP contribution in [0.2, 0.25) is 0 Å². The fourth-order valence-corrected chi connectivity index (χ4v) is 2.83. The minimum atomic E-state index is -0.657. The van der Waals surface area contributed by atoms with Crippen molar-refractivity contribution >= 4 is 5.91 Å². The van der Waals surface area contributed by atoms with E-state index in [0.717, 1.165) is 36.8 Å². The van der Waals surface area contributed by atoms with E-state index < -0.39 is 5.60 Å². The van der Waals surface area contributed by atoms with Crippen molar-refractivity contribution in [2.75, 3.05) is 13.6 Å². The summed E-state index contributed by atoms with van der Waals surface area (Å²) in [5, 5.41) is 10.3. The van der Waals surface area contributed by atoms with Gasteiger partial charge >= 0.3 is 0 Å². The van der Waals surface area contributed by atoms with Gasteiger partial charge in [-0.25, -0.2) is 0 Å². The summed E-state index contributed by atoms with van der Waals surface area (Å²) in [5.74, 6) is 0.0784. The number of rotatable bonds is 4. The van der Waals surface area contributed by atoms with E-state index in [2.05, 4.69) is 0 Å². The molecule has 0 unspecified atom stereocenters. The molecule has 1 saturated carbocycles. The van der Waals surface area contributed by atoms with E-state index in [9.17, 15) is 9.90 Å². The van der Waals surface area contributed by atoms with Gasteiger partial charge in [0.05, 0.1) is 12.0 Å². The molecule has 1 aromatic carbocycles. The Hall–Kier alpha value is -1.35. The van der Waals surface area contributed by atoms with Crippen molar-refractivity contribution in [1.82, 2.24) is 4.90 Å². The number of aliphatic hydroxyl groups is 1. The Morgan fingerprint density at radius 1 is 1.32 bits per heavy atom. The summed E-state index contributed by atoms with van der Waals surface area (Å²) in [6, 6.07) is 7.95. The van der Waals surface area contributed by atoms with Crippen LogP contribution in [-0.4, -0.2) is 35.1 Å². The lowest BCUT2D eigenvalue weighted by Crippen LogP contribution is -2.42. The average Bonchev–Trinajstić information content (AvgIpc) is 2.78. The third-order valence-electron chi connectivity index (χ3n) is 4.09. The SMILES string of the molecule is Cc1ccccc1CC(=O)N(C)CC1(O)CCCC1. The first-order chi connectivity index (χ1) is 9.00. The second-order valence-corrected chi connectivity index (χ2v) is 5.78. The van der Waals surface area contributed by atoms with Gasteiger partial charge in [0.15, 0.2) is 0 Å². The van der Waals surface area contributed by atoms with Crippen LogP contribution < -0.4 is 0 Å². The molecule has 2 rings (SSSR count). The number of carbonyl (C=O) groups is 1. The Balaban J connectivity index is 1.94. The van der Waals surface area contributed by atoms with Crippen LogP contribution in [0.3, 0.4) is 0 Å². The summed E-state index contributed by atoms with van der Waals surface area (Å²) >= 11 is 0. The second-order valence-electron chi connectivity index (χ2n) is 5.78. The molecule has 0 atom stereocenters. The van der Waals surface area contributed by atoms with E-state index in [4.69, 9.17) is 0 Å². The van der Waals surface area contributed by atoms with Crippen molar-refractivity contribution < 1.29 is 9.90 Å². The van der Waals surface area contributed by atoms with E-state index in [1.54, 1.807) is 11.9 Å². The lowest BCUT2D eigenvalue weighted by Gasteiger charge is -2.28. The van der Waals surface area contributed by atoms with Gasteiger partial charge in [0.2, 0.25) is 5.91 Å². The maximum absolute atomic E-state index is 12.2. The van der Waals surface area contributed by atoms with Gasteiger partial charge in [-0.15, -0.1) is 0 Å². The molecule has 1 fully saturated rings. The van der Waals surface area contributed by atoms with Crippen molar-refractivity contribution in [3.8, 4) is 0 Å². The zero-order valence-electron chi connectivity index (χ0n) is 11.9. The summed E-state index contributed by atoms with van der Waals surface area (Å²) in [7, 11) is 1.79. The molecule has 1 aliphatic rings. The highest BCUT2D eigenvalue weighted by atomic mass is 16.3. The van der Waals surface area contributed by atoms with Crippen LogP contribution in [0.25, 0.3) is 0 Å². The topological polar surface area (TPSA) is 40.5 Å². The average molecular weight is 261 g/mol. The van der Waals surface area contributed by atoms with Gasteiger partial charge in [-0.2, -0.15) is 0 Å². The largest absolute Gasteiger partial charge is 0.388 e. The zero-order valence-corrected chi connectivity index (χ0v) is 11.9. The summed E-state index contributed by atoms with van der Waals surface area (Å²) < 4.78 is 0. The Labute approximate surface area is 115 Å². The molecule has 0 spiro atoms. The number of nitrogens with zero attached hydrogens (tertiary/aromatic N) is 1. The molecular formula is C16H23NO2. The van der Waals surface area contributed by atoms with Crippen molar-refractivity contribution in [1.29, 1.82) is 0 Å². The Morgan fingerprint density at radius 3 is 2.58 bits per heavy atom. The van der Waals surface area contributed by atoms with Gasteiger partial charge in [0.25, 0.3) is 0 Å². The molecule has 19 heavy (non-hydrogen) atoms. The maximum Gasteiger partial charge on any atom is 0.226 e. The summed E-state index contributed by atoms with van der Waals surface area (Å²) in [6.45, 7) is 2.48. The fourth-order valence-electron chi connectivity index (χ4n) is 2.83. The molecule has 1 N–H and O–H groups in total. The highest BCUT2D eigenvalue weighted by Crippen LogP contribution is 2.30. The van der Waals surface area contributed by atoms with Gasteiger partial charge in [0.1, 0.15) is 0 Å². The molecule has 0 saturated heterocycles. The predicted molar refractivity (Wildman–Crippen MR) is 75.9 cm³/mol. The van der Waals surface area contributed by atoms with Crippen molar-refractivity contribution in [2.24, 2.45) is 0 Å². The number of hydrogen-bond donors (Lipinski definition) is 1. The Bertz CT molecular complexity index is 450. The van der Waals surface area contributed by atoms with Crippen LogP contribution in [-0.2, 0) is 11.2 Å². The van der Waals surface area contributed by atoms with Crippen LogP contribution in [0, 0.1) is 6.92 Å². The minimum Gasteiger partial charge on any atom is -0.388 e. The van der Waals surface area contributed by atoms with E-state index in [1.165, 1.54) is 0 Å². The van der Waals surface area contributed by atoms with E-state index in [-0.39, 0.29) is 5.91 Å². The van der Waals surface area contributed by atoms with Crippen molar-refractivity contribution in [2.45, 2.75) is 44.6 Å². The van der Waals surface area contributed by atoms with Crippen molar-refractivity contribution in [3.05, 3.63) is 35.4 Å². The van der Waals surface area contributed by atoms with Crippen LogP contribution >= 0.6 is 0 Å². The lowest BCUT2D eigenvalue weighted by molar-refractivity contribution is -0.132. The number of likely N-dealkylation sites (N-methyl/N-ethyl adjacent to an activating group) is 1. The molecule has 0 aliphatic heterocycles. The molecule has 3 heteroatoms. The summed E-state index contributed by atoms with van der Waals surface area (Å²) in [5.41, 5.74) is 1.55. The molecule has 1 aromatic rings. The van der Waals surface area contributed by atoms with E-state index >= 15 is 0 Å². The molecule has 3 nitrogen and oxygen atoms in total. The monoisotopic (exact) mass is 261 g/mol. The standard InChI is InChI=1S/C16H23NO2/c1-13-7-3-4-8-14(13)11-15(18)17(2)12-16(19)9-5-6-10-16/h3-4,7-8,19H,5-6,9-12H2,1-2H3. The highest BCUT2D eigenvalue weighted by molar-refractivity contribution is 5.79. The molecule has 1 amide bonds. The summed E-state index contributed by atoms with van der Waals surface area (Å²) in [6.07, 6.45) is 4.18. The fraction of sp³-hybridized carbons (Fsp3) is 0.562. The quantitative estimate of drug-likeness (QED) is 0.903. The molecule has 0 bridgehead atoms. The molecular weight excluding hydrogens is 238 g/mol. The molecule has 1 aliphatic carbocycles. The number of hydrogen-bond acceptors (Lipinski definition) is 2. The first kappa shape index (κ1) is 14.1. The van der Waals surface area contributed by atoms with Crippen LogP contribution in [0.1, 0.15) is 36.8 Å². The van der Waals surface area contributed by atoms with Gasteiger partial charge in [0, 0.05) is 13.6 Å². The highest BCUT2D eigenvalue weighted by Gasteiger charge is 2.33. The normalized spacial score (nSPS) is 17.4. The predicted octanol–water partition coefficient (Wildman–Crippen LogP) is 2.30. The first-order valence-corrected chi connectivity index (χ1v) is 7.01. The third-order valence-corrected chi connectivity index (χ3v) is 4.09.